The van der Waals surface area contributed by atoms with Crippen molar-refractivity contribution in [3.05, 3.63) is 58.3 Å². The molecule has 23 heavy (non-hydrogen) atoms. The zero-order valence-electron chi connectivity index (χ0n) is 12.5. The van der Waals surface area contributed by atoms with Crippen LogP contribution in [-0.4, -0.2) is 32.1 Å². The molecule has 0 aliphatic carbocycles. The number of nitrogens with one attached hydrogen (secondary N) is 2. The van der Waals surface area contributed by atoms with E-state index in [0.29, 0.717) is 10.2 Å². The van der Waals surface area contributed by atoms with E-state index in [2.05, 4.69) is 31.5 Å². The third-order valence-corrected chi connectivity index (χ3v) is 4.43. The first-order valence-corrected chi connectivity index (χ1v) is 8.25. The molecule has 0 aromatic heterocycles. The highest BCUT2D eigenvalue weighted by atomic mass is 79.9. The van der Waals surface area contributed by atoms with Crippen LogP contribution in [0.25, 0.3) is 0 Å². The molecule has 4 nitrogen and oxygen atoms in total. The maximum Gasteiger partial charge on any atom is 0.255 e. The Morgan fingerprint density at radius 3 is 2.48 bits per heavy atom. The first-order chi connectivity index (χ1) is 11.1. The third kappa shape index (κ3) is 3.89. The van der Waals surface area contributed by atoms with Crippen molar-refractivity contribution < 1.29 is 9.18 Å². The van der Waals surface area contributed by atoms with Gasteiger partial charge >= 0.3 is 0 Å². The third-order valence-electron chi connectivity index (χ3n) is 3.79. The zero-order chi connectivity index (χ0) is 16.2. The minimum atomic E-state index is -0.452. The van der Waals surface area contributed by atoms with E-state index in [1.807, 2.05) is 24.3 Å². The van der Waals surface area contributed by atoms with Gasteiger partial charge in [-0.2, -0.15) is 0 Å². The summed E-state index contributed by atoms with van der Waals surface area (Å²) in [6, 6.07) is 12.0. The van der Waals surface area contributed by atoms with Crippen LogP contribution in [0.4, 0.5) is 15.8 Å². The Hall–Kier alpha value is -1.92. The molecule has 0 atom stereocenters. The highest BCUT2D eigenvalue weighted by Crippen LogP contribution is 2.20. The van der Waals surface area contributed by atoms with Crippen LogP contribution in [0.3, 0.4) is 0 Å². The Bertz CT molecular complexity index is 699. The summed E-state index contributed by atoms with van der Waals surface area (Å²) in [5.74, 6) is -0.780. The Morgan fingerprint density at radius 2 is 1.83 bits per heavy atom. The van der Waals surface area contributed by atoms with Crippen molar-refractivity contribution in [2.24, 2.45) is 0 Å². The van der Waals surface area contributed by atoms with Crippen molar-refractivity contribution in [1.82, 2.24) is 5.32 Å². The lowest BCUT2D eigenvalue weighted by molar-refractivity contribution is 0.102. The number of carbonyl (C=O) groups excluding carboxylic acids is 1. The molecule has 1 saturated heterocycles. The molecule has 120 valence electrons. The smallest absolute Gasteiger partial charge is 0.255 e. The van der Waals surface area contributed by atoms with Gasteiger partial charge in [0.1, 0.15) is 5.82 Å². The Labute approximate surface area is 142 Å². The Kier molecular flexibility index (Phi) is 4.93. The van der Waals surface area contributed by atoms with Gasteiger partial charge in [-0.05, 0) is 58.4 Å². The summed E-state index contributed by atoms with van der Waals surface area (Å²) in [4.78, 5) is 14.5. The predicted molar refractivity (Wildman–Crippen MR) is 93.6 cm³/mol. The van der Waals surface area contributed by atoms with Crippen LogP contribution in [0.5, 0.6) is 0 Å². The standard InChI is InChI=1S/C17H17BrFN3O/c18-15-6-1-12(11-16(15)19)17(23)21-13-2-4-14(5-3-13)22-9-7-20-8-10-22/h1-6,11,20H,7-10H2,(H,21,23). The van der Waals surface area contributed by atoms with E-state index in [4.69, 9.17) is 0 Å². The van der Waals surface area contributed by atoms with Crippen molar-refractivity contribution in [3.8, 4) is 0 Å². The summed E-state index contributed by atoms with van der Waals surface area (Å²) < 4.78 is 13.8. The van der Waals surface area contributed by atoms with Gasteiger partial charge < -0.3 is 15.5 Å². The minimum Gasteiger partial charge on any atom is -0.369 e. The zero-order valence-corrected chi connectivity index (χ0v) is 14.1. The maximum atomic E-state index is 13.5. The second-order valence-electron chi connectivity index (χ2n) is 5.37. The molecule has 0 bridgehead atoms. The Balaban J connectivity index is 1.67. The molecule has 1 amide bonds. The summed E-state index contributed by atoms with van der Waals surface area (Å²) in [6.07, 6.45) is 0. The van der Waals surface area contributed by atoms with Crippen LogP contribution in [0.1, 0.15) is 10.4 Å². The van der Waals surface area contributed by atoms with Crippen LogP contribution in [0, 0.1) is 5.82 Å². The topological polar surface area (TPSA) is 44.4 Å². The van der Waals surface area contributed by atoms with Gasteiger partial charge in [0, 0.05) is 43.1 Å². The number of anilines is 2. The highest BCUT2D eigenvalue weighted by molar-refractivity contribution is 9.10. The average Bonchev–Trinajstić information content (AvgIpc) is 2.59. The van der Waals surface area contributed by atoms with Crippen molar-refractivity contribution in [2.75, 3.05) is 36.4 Å². The number of amides is 1. The molecule has 3 rings (SSSR count). The number of hydrogen-bond acceptors (Lipinski definition) is 3. The molecule has 0 saturated carbocycles. The summed E-state index contributed by atoms with van der Waals surface area (Å²) >= 11 is 3.08. The van der Waals surface area contributed by atoms with E-state index >= 15 is 0 Å². The minimum absolute atomic E-state index is 0.289. The first-order valence-electron chi connectivity index (χ1n) is 7.45. The second-order valence-corrected chi connectivity index (χ2v) is 6.22. The van der Waals surface area contributed by atoms with Crippen LogP contribution >= 0.6 is 15.9 Å². The van der Waals surface area contributed by atoms with Crippen LogP contribution in [0.2, 0.25) is 0 Å². The number of piperazine rings is 1. The molecule has 0 spiro atoms. The summed E-state index contributed by atoms with van der Waals surface area (Å²) in [7, 11) is 0. The predicted octanol–water partition coefficient (Wildman–Crippen LogP) is 3.25. The van der Waals surface area contributed by atoms with Gasteiger partial charge in [0.05, 0.1) is 4.47 Å². The fourth-order valence-electron chi connectivity index (χ4n) is 2.52. The molecule has 1 heterocycles. The fourth-order valence-corrected chi connectivity index (χ4v) is 2.77. The quantitative estimate of drug-likeness (QED) is 0.862. The number of hydrogen-bond donors (Lipinski definition) is 2. The molecule has 1 fully saturated rings. The second kappa shape index (κ2) is 7.10. The van der Waals surface area contributed by atoms with E-state index in [1.54, 1.807) is 6.07 Å². The molecular weight excluding hydrogens is 361 g/mol. The lowest BCUT2D eigenvalue weighted by Gasteiger charge is -2.29. The van der Waals surface area contributed by atoms with Crippen molar-refractivity contribution in [1.29, 1.82) is 0 Å². The highest BCUT2D eigenvalue weighted by Gasteiger charge is 2.12. The molecule has 1 aliphatic rings. The number of benzene rings is 2. The molecule has 1 aliphatic heterocycles. The largest absolute Gasteiger partial charge is 0.369 e. The lowest BCUT2D eigenvalue weighted by Crippen LogP contribution is -2.43. The van der Waals surface area contributed by atoms with Gasteiger partial charge in [-0.25, -0.2) is 4.39 Å². The monoisotopic (exact) mass is 377 g/mol. The van der Waals surface area contributed by atoms with Gasteiger partial charge in [-0.3, -0.25) is 4.79 Å². The van der Waals surface area contributed by atoms with Gasteiger partial charge in [-0.15, -0.1) is 0 Å². The Morgan fingerprint density at radius 1 is 1.13 bits per heavy atom. The number of rotatable bonds is 3. The van der Waals surface area contributed by atoms with Crippen LogP contribution in [-0.2, 0) is 0 Å². The summed E-state index contributed by atoms with van der Waals surface area (Å²) in [5, 5.41) is 6.10. The van der Waals surface area contributed by atoms with Crippen LogP contribution in [0.15, 0.2) is 46.9 Å². The van der Waals surface area contributed by atoms with Crippen molar-refractivity contribution in [3.63, 3.8) is 0 Å². The lowest BCUT2D eigenvalue weighted by atomic mass is 10.2. The van der Waals surface area contributed by atoms with E-state index in [0.717, 1.165) is 31.9 Å². The molecule has 0 unspecified atom stereocenters. The van der Waals surface area contributed by atoms with Crippen molar-refractivity contribution >= 4 is 33.2 Å². The number of nitrogens with zero attached hydrogens (tertiary/aromatic N) is 1. The molecular formula is C17H17BrFN3O. The molecule has 0 radical (unpaired) electrons. The maximum absolute atomic E-state index is 13.5. The molecule has 2 aromatic rings. The molecule has 2 N–H and O–H groups in total. The van der Waals surface area contributed by atoms with Crippen molar-refractivity contribution in [2.45, 2.75) is 0 Å². The number of carbonyl (C=O) groups is 1. The summed E-state index contributed by atoms with van der Waals surface area (Å²) in [6.45, 7) is 3.91. The summed E-state index contributed by atoms with van der Waals surface area (Å²) in [5.41, 5.74) is 2.12. The molecule has 6 heteroatoms. The van der Waals surface area contributed by atoms with E-state index in [9.17, 15) is 9.18 Å². The molecule has 2 aromatic carbocycles. The van der Waals surface area contributed by atoms with Gasteiger partial charge in [0.2, 0.25) is 0 Å². The average molecular weight is 378 g/mol. The van der Waals surface area contributed by atoms with E-state index in [-0.39, 0.29) is 11.5 Å². The first kappa shape index (κ1) is 16.0. The van der Waals surface area contributed by atoms with Gasteiger partial charge in [0.15, 0.2) is 0 Å². The fraction of sp³-hybridized carbons (Fsp3) is 0.235. The van der Waals surface area contributed by atoms with Gasteiger partial charge in [0.25, 0.3) is 5.91 Å². The van der Waals surface area contributed by atoms with Crippen LogP contribution < -0.4 is 15.5 Å². The normalized spacial score (nSPS) is 14.6. The van der Waals surface area contributed by atoms with E-state index in [1.165, 1.54) is 12.1 Å². The SMILES string of the molecule is O=C(Nc1ccc(N2CCNCC2)cc1)c1ccc(Br)c(F)c1. The van der Waals surface area contributed by atoms with E-state index < -0.39 is 5.82 Å². The number of halogens is 2. The van der Waals surface area contributed by atoms with Gasteiger partial charge in [-0.1, -0.05) is 0 Å².